The quantitative estimate of drug-likeness (QED) is 0.505. The van der Waals surface area contributed by atoms with Gasteiger partial charge in [-0.05, 0) is 18.2 Å². The van der Waals surface area contributed by atoms with Gasteiger partial charge in [-0.25, -0.2) is 8.78 Å². The number of hydrogen-bond donors (Lipinski definition) is 1. The minimum atomic E-state index is -0.846. The van der Waals surface area contributed by atoms with Gasteiger partial charge in [0.2, 0.25) is 5.90 Å². The van der Waals surface area contributed by atoms with Gasteiger partial charge in [-0.1, -0.05) is 0 Å². The Bertz CT molecular complexity index is 292. The second-order valence-electron chi connectivity index (χ2n) is 2.06. The van der Waals surface area contributed by atoms with Gasteiger partial charge in [0.15, 0.2) is 0 Å². The summed E-state index contributed by atoms with van der Waals surface area (Å²) in [5.41, 5.74) is -0.462. The number of methoxy groups -OCH3 is 1. The first-order chi connectivity index (χ1) is 5.66. The molecule has 0 saturated heterocycles. The van der Waals surface area contributed by atoms with Crippen LogP contribution in [0.15, 0.2) is 12.1 Å². The van der Waals surface area contributed by atoms with E-state index in [2.05, 4.69) is 10.8 Å². The third-order valence-corrected chi connectivity index (χ3v) is 1.33. The van der Waals surface area contributed by atoms with Crippen molar-refractivity contribution in [3.8, 4) is 0 Å². The average molecular weight is 170 g/mol. The monoisotopic (exact) mass is 170 g/mol. The molecule has 1 aromatic carbocycles. The molecule has 0 aliphatic rings. The van der Waals surface area contributed by atoms with E-state index in [0.717, 1.165) is 12.1 Å². The normalized spacial score (nSPS) is 9.58. The molecule has 0 bridgehead atoms. The number of nitrogens with one attached hydrogen (secondary N) is 1. The topological polar surface area (TPSA) is 33.1 Å². The van der Waals surface area contributed by atoms with E-state index in [1.807, 2.05) is 0 Å². The van der Waals surface area contributed by atoms with E-state index in [1.54, 1.807) is 0 Å². The molecule has 0 saturated carbocycles. The molecule has 0 aromatic heterocycles. The van der Waals surface area contributed by atoms with E-state index in [-0.39, 0.29) is 0 Å². The molecule has 0 amide bonds. The summed E-state index contributed by atoms with van der Waals surface area (Å²) in [7, 11) is 1.18. The van der Waals surface area contributed by atoms with Crippen LogP contribution in [0.25, 0.3) is 0 Å². The Morgan fingerprint density at radius 2 is 1.92 bits per heavy atom. The first-order valence-corrected chi connectivity index (χ1v) is 3.15. The Morgan fingerprint density at radius 1 is 1.42 bits per heavy atom. The number of halogens is 2. The second-order valence-corrected chi connectivity index (χ2v) is 2.06. The maximum atomic E-state index is 12.8. The lowest BCUT2D eigenvalue weighted by molar-refractivity contribution is 0.395. The fourth-order valence-corrected chi connectivity index (χ4v) is 0.765. The summed E-state index contributed by atoms with van der Waals surface area (Å²) in [6.45, 7) is 0. The van der Waals surface area contributed by atoms with Gasteiger partial charge >= 0.3 is 0 Å². The average Bonchev–Trinajstić information content (AvgIpc) is 2.03. The van der Waals surface area contributed by atoms with Crippen molar-refractivity contribution in [1.29, 1.82) is 5.41 Å². The Balaban J connectivity index is 3.21. The van der Waals surface area contributed by atoms with Crippen molar-refractivity contribution in [1.82, 2.24) is 0 Å². The Morgan fingerprint density at radius 3 is 2.33 bits per heavy atom. The molecular weight excluding hydrogens is 164 g/mol. The minimum Gasteiger partial charge on any atom is -0.481 e. The molecule has 0 aliphatic heterocycles. The van der Waals surface area contributed by atoms with Crippen LogP contribution < -0.4 is 0 Å². The Hall–Kier alpha value is -1.45. The molecule has 2 nitrogen and oxygen atoms in total. The van der Waals surface area contributed by atoms with Crippen LogP contribution in [-0.4, -0.2) is 13.0 Å². The highest BCUT2D eigenvalue weighted by molar-refractivity contribution is 5.91. The van der Waals surface area contributed by atoms with E-state index in [4.69, 9.17) is 5.41 Å². The summed E-state index contributed by atoms with van der Waals surface area (Å²) >= 11 is 0. The number of hydrogen-bond acceptors (Lipinski definition) is 2. The molecule has 0 heterocycles. The maximum absolute atomic E-state index is 12.8. The van der Waals surface area contributed by atoms with Gasteiger partial charge in [-0.15, -0.1) is 0 Å². The molecule has 1 aromatic rings. The van der Waals surface area contributed by atoms with Crippen molar-refractivity contribution in [2.24, 2.45) is 0 Å². The Kier molecular flexibility index (Phi) is 2.38. The molecular formula is C8H6F2NO. The number of ether oxygens (including phenoxy) is 1. The van der Waals surface area contributed by atoms with E-state index in [1.165, 1.54) is 7.11 Å². The van der Waals surface area contributed by atoms with Crippen molar-refractivity contribution in [2.45, 2.75) is 0 Å². The van der Waals surface area contributed by atoms with Crippen molar-refractivity contribution < 1.29 is 13.5 Å². The van der Waals surface area contributed by atoms with Gasteiger partial charge in [-0.3, -0.25) is 5.41 Å². The van der Waals surface area contributed by atoms with Crippen LogP contribution in [0.1, 0.15) is 5.56 Å². The zero-order valence-electron chi connectivity index (χ0n) is 6.32. The first kappa shape index (κ1) is 8.64. The zero-order valence-corrected chi connectivity index (χ0v) is 6.32. The van der Waals surface area contributed by atoms with Crippen LogP contribution in [-0.2, 0) is 4.74 Å². The summed E-state index contributed by atoms with van der Waals surface area (Å²) in [5, 5.41) is 7.04. The SMILES string of the molecule is COC(=N)c1c(F)c[c]cc1F. The predicted octanol–water partition coefficient (Wildman–Crippen LogP) is 1.74. The first-order valence-electron chi connectivity index (χ1n) is 3.15. The largest absolute Gasteiger partial charge is 0.481 e. The van der Waals surface area contributed by atoms with E-state index >= 15 is 0 Å². The van der Waals surface area contributed by atoms with Crippen molar-refractivity contribution >= 4 is 5.90 Å². The lowest BCUT2D eigenvalue weighted by Crippen LogP contribution is -2.07. The molecule has 0 spiro atoms. The van der Waals surface area contributed by atoms with Crippen molar-refractivity contribution in [3.05, 3.63) is 35.4 Å². The summed E-state index contributed by atoms with van der Waals surface area (Å²) < 4.78 is 30.0. The van der Waals surface area contributed by atoms with Crippen LogP contribution in [0.3, 0.4) is 0 Å². The van der Waals surface area contributed by atoms with Crippen molar-refractivity contribution in [3.63, 3.8) is 0 Å². The fourth-order valence-electron chi connectivity index (χ4n) is 0.765. The summed E-state index contributed by atoms with van der Waals surface area (Å²) in [4.78, 5) is 0. The van der Waals surface area contributed by atoms with Crippen LogP contribution >= 0.6 is 0 Å². The van der Waals surface area contributed by atoms with Crippen LogP contribution in [0.5, 0.6) is 0 Å². The fraction of sp³-hybridized carbons (Fsp3) is 0.125. The van der Waals surface area contributed by atoms with Crippen LogP contribution in [0.4, 0.5) is 8.78 Å². The number of benzene rings is 1. The van der Waals surface area contributed by atoms with Gasteiger partial charge in [0.1, 0.15) is 17.2 Å². The van der Waals surface area contributed by atoms with Gasteiger partial charge in [-0.2, -0.15) is 0 Å². The molecule has 0 fully saturated rings. The Labute approximate surface area is 68.3 Å². The molecule has 12 heavy (non-hydrogen) atoms. The van der Waals surface area contributed by atoms with E-state index in [9.17, 15) is 8.78 Å². The standard InChI is InChI=1S/C8H6F2NO/c1-12-8(11)7-5(9)3-2-4-6(7)10/h3-4,11H,1H3. The molecule has 1 radical (unpaired) electrons. The predicted molar refractivity (Wildman–Crippen MR) is 39.0 cm³/mol. The van der Waals surface area contributed by atoms with Gasteiger partial charge in [0, 0.05) is 0 Å². The van der Waals surface area contributed by atoms with Gasteiger partial charge in [0.05, 0.1) is 7.11 Å². The molecule has 0 unspecified atom stereocenters. The van der Waals surface area contributed by atoms with E-state index in [0.29, 0.717) is 0 Å². The lowest BCUT2D eigenvalue weighted by atomic mass is 10.2. The van der Waals surface area contributed by atoms with Gasteiger partial charge in [0.25, 0.3) is 0 Å². The molecule has 1 rings (SSSR count). The van der Waals surface area contributed by atoms with Crippen LogP contribution in [0, 0.1) is 23.1 Å². The van der Waals surface area contributed by atoms with E-state index < -0.39 is 23.1 Å². The summed E-state index contributed by atoms with van der Waals surface area (Å²) in [5.74, 6) is -2.22. The highest BCUT2D eigenvalue weighted by atomic mass is 19.1. The molecule has 4 heteroatoms. The summed E-state index contributed by atoms with van der Waals surface area (Å²) in [6.07, 6.45) is 0. The lowest BCUT2D eigenvalue weighted by Gasteiger charge is -2.03. The molecule has 1 N–H and O–H groups in total. The third-order valence-electron chi connectivity index (χ3n) is 1.33. The van der Waals surface area contributed by atoms with Gasteiger partial charge < -0.3 is 4.74 Å². The molecule has 0 atom stereocenters. The zero-order chi connectivity index (χ0) is 9.14. The summed E-state index contributed by atoms with van der Waals surface area (Å²) in [6, 6.07) is 4.15. The van der Waals surface area contributed by atoms with Crippen molar-refractivity contribution in [2.75, 3.05) is 7.11 Å². The maximum Gasteiger partial charge on any atom is 0.218 e. The molecule has 63 valence electrons. The smallest absolute Gasteiger partial charge is 0.218 e. The molecule has 0 aliphatic carbocycles. The third kappa shape index (κ3) is 1.42. The highest BCUT2D eigenvalue weighted by Gasteiger charge is 2.13. The highest BCUT2D eigenvalue weighted by Crippen LogP contribution is 2.11. The second kappa shape index (κ2) is 3.30. The van der Waals surface area contributed by atoms with Crippen LogP contribution in [0.2, 0.25) is 0 Å². The minimum absolute atomic E-state index is 0.462. The number of rotatable bonds is 1.